The van der Waals surface area contributed by atoms with E-state index in [1.807, 2.05) is 36.4 Å². The maximum Gasteiger partial charge on any atom is 0.303 e. The molecule has 7 nitrogen and oxygen atoms in total. The number of carboxylic acid groups (broad SMARTS) is 1. The molecule has 1 aromatic rings. The Morgan fingerprint density at radius 3 is 2.87 bits per heavy atom. The fourth-order valence-corrected chi connectivity index (χ4v) is 4.21. The molecule has 1 fully saturated rings. The van der Waals surface area contributed by atoms with E-state index in [1.165, 1.54) is 0 Å². The van der Waals surface area contributed by atoms with E-state index in [4.69, 9.17) is 14.6 Å². The molecule has 0 amide bonds. The Morgan fingerprint density at radius 2 is 2.07 bits per heavy atom. The highest BCUT2D eigenvalue weighted by Crippen LogP contribution is 2.36. The number of rotatable bonds is 10. The van der Waals surface area contributed by atoms with E-state index in [-0.39, 0.29) is 30.5 Å². The number of carbonyl (C=O) groups is 2. The van der Waals surface area contributed by atoms with Crippen LogP contribution < -0.4 is 4.74 Å². The quantitative estimate of drug-likeness (QED) is 0.395. The lowest BCUT2D eigenvalue weighted by Crippen LogP contribution is -2.37. The van der Waals surface area contributed by atoms with E-state index in [9.17, 15) is 19.8 Å². The molecule has 1 saturated carbocycles. The predicted octanol–water partition coefficient (Wildman–Crippen LogP) is 2.83. The Morgan fingerprint density at radius 1 is 1.27 bits per heavy atom. The van der Waals surface area contributed by atoms with Crippen molar-refractivity contribution in [2.45, 2.75) is 70.1 Å². The number of para-hydroxylation sites is 1. The Bertz CT molecular complexity index is 760. The third-order valence-electron chi connectivity index (χ3n) is 5.88. The second kappa shape index (κ2) is 10.7. The molecule has 5 atom stereocenters. The summed E-state index contributed by atoms with van der Waals surface area (Å²) in [5.74, 6) is -0.569. The number of carbonyl (C=O) groups excluding carboxylic acids is 1. The first-order chi connectivity index (χ1) is 14.5. The Kier molecular flexibility index (Phi) is 8.01. The second-order valence-corrected chi connectivity index (χ2v) is 8.05. The van der Waals surface area contributed by atoms with Crippen LogP contribution in [0.1, 0.15) is 50.5 Å². The highest BCUT2D eigenvalue weighted by molar-refractivity contribution is 5.84. The van der Waals surface area contributed by atoms with Crippen molar-refractivity contribution < 1.29 is 34.4 Å². The van der Waals surface area contributed by atoms with Gasteiger partial charge in [-0.3, -0.25) is 9.59 Å². The van der Waals surface area contributed by atoms with Crippen molar-refractivity contribution >= 4 is 11.8 Å². The number of fused-ring (bicyclic) bond motifs is 1. The lowest BCUT2D eigenvalue weighted by atomic mass is 9.86. The summed E-state index contributed by atoms with van der Waals surface area (Å²) in [5, 5.41) is 29.5. The van der Waals surface area contributed by atoms with Gasteiger partial charge < -0.3 is 24.8 Å². The van der Waals surface area contributed by atoms with Crippen LogP contribution in [0.2, 0.25) is 0 Å². The van der Waals surface area contributed by atoms with Crippen molar-refractivity contribution in [3.63, 3.8) is 0 Å². The molecule has 0 bridgehead atoms. The Balaban J connectivity index is 1.48. The number of hydrogen-bond donors (Lipinski definition) is 3. The van der Waals surface area contributed by atoms with E-state index in [1.54, 1.807) is 0 Å². The number of ketones is 1. The van der Waals surface area contributed by atoms with Crippen LogP contribution in [0.4, 0.5) is 0 Å². The number of ether oxygens (including phenoxy) is 2. The first-order valence-corrected chi connectivity index (χ1v) is 10.6. The fourth-order valence-electron chi connectivity index (χ4n) is 4.21. The molecule has 2 aliphatic rings. The lowest BCUT2D eigenvalue weighted by Gasteiger charge is -2.30. The summed E-state index contributed by atoms with van der Waals surface area (Å²) in [6, 6.07) is 7.53. The van der Waals surface area contributed by atoms with Gasteiger partial charge in [-0.05, 0) is 44.1 Å². The molecule has 3 rings (SSSR count). The van der Waals surface area contributed by atoms with E-state index in [2.05, 4.69) is 0 Å². The van der Waals surface area contributed by atoms with Gasteiger partial charge in [-0.1, -0.05) is 30.4 Å². The molecule has 1 aromatic carbocycles. The summed E-state index contributed by atoms with van der Waals surface area (Å²) < 4.78 is 11.4. The van der Waals surface area contributed by atoms with Crippen LogP contribution >= 0.6 is 0 Å². The van der Waals surface area contributed by atoms with Crippen molar-refractivity contribution in [2.24, 2.45) is 11.8 Å². The summed E-state index contributed by atoms with van der Waals surface area (Å²) in [6.45, 7) is 0.373. The van der Waals surface area contributed by atoms with Gasteiger partial charge in [0, 0.05) is 24.3 Å². The molecule has 1 unspecified atom stereocenters. The maximum absolute atomic E-state index is 12.3. The molecule has 0 aromatic heterocycles. The molecule has 1 aliphatic heterocycles. The highest BCUT2D eigenvalue weighted by atomic mass is 16.7. The SMILES string of the molecule is O=C(O)CCCC=CC[C@H]1C(=O)C[C@@H](O)[C@@H]1CC[C@@H](O)C1OCc2ccccc2O1. The zero-order valence-corrected chi connectivity index (χ0v) is 17.0. The number of aliphatic carboxylic acids is 1. The molecule has 0 saturated heterocycles. The minimum absolute atomic E-state index is 0.0382. The first-order valence-electron chi connectivity index (χ1n) is 10.6. The number of aliphatic hydroxyl groups is 2. The van der Waals surface area contributed by atoms with E-state index >= 15 is 0 Å². The van der Waals surface area contributed by atoms with Crippen LogP contribution in [-0.2, 0) is 20.9 Å². The number of aliphatic hydroxyl groups excluding tert-OH is 2. The van der Waals surface area contributed by atoms with Gasteiger partial charge in [-0.15, -0.1) is 0 Å². The molecular weight excluding hydrogens is 388 g/mol. The number of hydrogen-bond acceptors (Lipinski definition) is 6. The van der Waals surface area contributed by atoms with Gasteiger partial charge in [0.1, 0.15) is 17.6 Å². The largest absolute Gasteiger partial charge is 0.481 e. The summed E-state index contributed by atoms with van der Waals surface area (Å²) in [7, 11) is 0. The number of benzene rings is 1. The summed E-state index contributed by atoms with van der Waals surface area (Å²) in [4.78, 5) is 22.8. The third-order valence-corrected chi connectivity index (χ3v) is 5.88. The molecule has 7 heteroatoms. The number of carboxylic acids is 1. The first kappa shape index (κ1) is 22.5. The minimum atomic E-state index is -0.853. The highest BCUT2D eigenvalue weighted by Gasteiger charge is 2.41. The van der Waals surface area contributed by atoms with Gasteiger partial charge in [0.05, 0.1) is 12.7 Å². The lowest BCUT2D eigenvalue weighted by molar-refractivity contribution is -0.168. The summed E-state index contributed by atoms with van der Waals surface area (Å²) in [6.07, 6.45) is 4.34. The van der Waals surface area contributed by atoms with Crippen molar-refractivity contribution in [2.75, 3.05) is 0 Å². The second-order valence-electron chi connectivity index (χ2n) is 8.05. The van der Waals surface area contributed by atoms with Crippen LogP contribution in [0.3, 0.4) is 0 Å². The van der Waals surface area contributed by atoms with Gasteiger partial charge in [-0.2, -0.15) is 0 Å². The van der Waals surface area contributed by atoms with Crippen molar-refractivity contribution in [1.82, 2.24) is 0 Å². The van der Waals surface area contributed by atoms with Gasteiger partial charge in [-0.25, -0.2) is 0 Å². The number of allylic oxidation sites excluding steroid dienone is 2. The smallest absolute Gasteiger partial charge is 0.303 e. The van der Waals surface area contributed by atoms with E-state index < -0.39 is 24.5 Å². The molecule has 164 valence electrons. The minimum Gasteiger partial charge on any atom is -0.481 e. The average molecular weight is 418 g/mol. The standard InChI is InChI=1S/C23H30O7/c24-18(23-29-14-15-7-5-6-9-21(15)30-23)12-11-17-16(19(25)13-20(17)26)8-3-1-2-4-10-22(27)28/h1,3,5-7,9,16-18,20,23-24,26H,2,4,8,10-14H2,(H,27,28)/t16-,17-,18-,20-,23?/m1/s1. The molecule has 30 heavy (non-hydrogen) atoms. The molecule has 0 spiro atoms. The number of unbranched alkanes of at least 4 members (excludes halogenated alkanes) is 1. The zero-order valence-electron chi connectivity index (χ0n) is 17.0. The third kappa shape index (κ3) is 5.90. The van der Waals surface area contributed by atoms with Crippen molar-refractivity contribution in [3.8, 4) is 5.75 Å². The molecule has 1 aliphatic carbocycles. The molecule has 3 N–H and O–H groups in total. The molecule has 1 heterocycles. The molecular formula is C23H30O7. The monoisotopic (exact) mass is 418 g/mol. The summed E-state index contributed by atoms with van der Waals surface area (Å²) in [5.41, 5.74) is 0.938. The number of Topliss-reactive ketones (excluding diaryl/α,β-unsaturated/α-hetero) is 1. The Hall–Kier alpha value is -2.22. The predicted molar refractivity (Wildman–Crippen MR) is 109 cm³/mol. The van der Waals surface area contributed by atoms with Gasteiger partial charge in [0.25, 0.3) is 0 Å². The van der Waals surface area contributed by atoms with Crippen LogP contribution in [0.25, 0.3) is 0 Å². The van der Waals surface area contributed by atoms with Crippen molar-refractivity contribution in [3.05, 3.63) is 42.0 Å². The van der Waals surface area contributed by atoms with E-state index in [0.29, 0.717) is 44.5 Å². The van der Waals surface area contributed by atoms with Gasteiger partial charge in [0.15, 0.2) is 0 Å². The maximum atomic E-state index is 12.3. The van der Waals surface area contributed by atoms with Crippen LogP contribution in [-0.4, -0.2) is 45.6 Å². The van der Waals surface area contributed by atoms with Crippen LogP contribution in [0.15, 0.2) is 36.4 Å². The summed E-state index contributed by atoms with van der Waals surface area (Å²) >= 11 is 0. The topological polar surface area (TPSA) is 113 Å². The van der Waals surface area contributed by atoms with Crippen molar-refractivity contribution in [1.29, 1.82) is 0 Å². The van der Waals surface area contributed by atoms with Gasteiger partial charge in [0.2, 0.25) is 6.29 Å². The fraction of sp³-hybridized carbons (Fsp3) is 0.565. The Labute approximate surface area is 176 Å². The average Bonchev–Trinajstić information content (AvgIpc) is 3.00. The van der Waals surface area contributed by atoms with Crippen LogP contribution in [0.5, 0.6) is 5.75 Å². The molecule has 0 radical (unpaired) electrons. The van der Waals surface area contributed by atoms with Crippen LogP contribution in [0, 0.1) is 11.8 Å². The normalized spacial score (nSPS) is 27.1. The van der Waals surface area contributed by atoms with Gasteiger partial charge >= 0.3 is 5.97 Å². The zero-order chi connectivity index (χ0) is 21.5. The van der Waals surface area contributed by atoms with E-state index in [0.717, 1.165) is 5.56 Å².